The molecule has 156 valence electrons. The summed E-state index contributed by atoms with van der Waals surface area (Å²) < 4.78 is 0. The molecule has 0 spiro atoms. The fourth-order valence-corrected chi connectivity index (χ4v) is 5.03. The van der Waals surface area contributed by atoms with Crippen LogP contribution in [0.5, 0.6) is 0 Å². The van der Waals surface area contributed by atoms with Crippen LogP contribution in [0.4, 0.5) is 5.13 Å². The van der Waals surface area contributed by atoms with Crippen molar-refractivity contribution in [3.05, 3.63) is 71.0 Å². The van der Waals surface area contributed by atoms with E-state index in [1.165, 1.54) is 11.8 Å². The summed E-state index contributed by atoms with van der Waals surface area (Å²) in [7, 11) is 0. The Hall–Kier alpha value is -2.80. The Morgan fingerprint density at radius 1 is 1.10 bits per heavy atom. The largest absolute Gasteiger partial charge is 0.357 e. The fourth-order valence-electron chi connectivity index (χ4n) is 4.01. The van der Waals surface area contributed by atoms with E-state index in [4.69, 9.17) is 4.98 Å². The van der Waals surface area contributed by atoms with Gasteiger partial charge in [0.2, 0.25) is 0 Å². The normalized spacial score (nSPS) is 16.3. The molecular weight excluding hydrogens is 394 g/mol. The second-order valence-corrected chi connectivity index (χ2v) is 9.64. The SMILES string of the molecule is CC(C)(C)Nc1nc(C2(c3ccccc3)CCN(C(=O)c3ccnnc3)CC2)cs1. The topological polar surface area (TPSA) is 71.0 Å². The third-order valence-corrected chi connectivity index (χ3v) is 6.30. The van der Waals surface area contributed by atoms with E-state index in [0.29, 0.717) is 18.7 Å². The lowest BCUT2D eigenvalue weighted by Gasteiger charge is -2.41. The molecule has 0 atom stereocenters. The summed E-state index contributed by atoms with van der Waals surface area (Å²) in [5.41, 5.74) is 2.70. The van der Waals surface area contributed by atoms with E-state index in [-0.39, 0.29) is 16.9 Å². The van der Waals surface area contributed by atoms with Crippen molar-refractivity contribution in [2.24, 2.45) is 0 Å². The number of carbonyl (C=O) groups excluding carboxylic acids is 1. The van der Waals surface area contributed by atoms with Gasteiger partial charge in [0.05, 0.1) is 23.7 Å². The maximum Gasteiger partial charge on any atom is 0.255 e. The first-order chi connectivity index (χ1) is 14.4. The minimum absolute atomic E-state index is 0.0138. The van der Waals surface area contributed by atoms with Crippen LogP contribution in [0.1, 0.15) is 55.2 Å². The van der Waals surface area contributed by atoms with Crippen LogP contribution >= 0.6 is 11.3 Å². The third kappa shape index (κ3) is 4.21. The second kappa shape index (κ2) is 8.14. The smallest absolute Gasteiger partial charge is 0.255 e. The van der Waals surface area contributed by atoms with Gasteiger partial charge in [-0.1, -0.05) is 30.3 Å². The number of carbonyl (C=O) groups is 1. The first-order valence-corrected chi connectivity index (χ1v) is 11.1. The maximum atomic E-state index is 12.9. The molecule has 3 aromatic rings. The molecule has 1 saturated heterocycles. The Morgan fingerprint density at radius 3 is 2.47 bits per heavy atom. The average Bonchev–Trinajstić information content (AvgIpc) is 3.22. The van der Waals surface area contributed by atoms with Crippen molar-refractivity contribution in [1.82, 2.24) is 20.1 Å². The van der Waals surface area contributed by atoms with E-state index >= 15 is 0 Å². The summed E-state index contributed by atoms with van der Waals surface area (Å²) >= 11 is 1.65. The van der Waals surface area contributed by atoms with Crippen molar-refractivity contribution in [3.63, 3.8) is 0 Å². The molecule has 0 bridgehead atoms. The number of anilines is 1. The zero-order chi connectivity index (χ0) is 21.2. The molecule has 1 aromatic carbocycles. The van der Waals surface area contributed by atoms with E-state index in [0.717, 1.165) is 23.7 Å². The molecule has 6 nitrogen and oxygen atoms in total. The zero-order valence-corrected chi connectivity index (χ0v) is 18.4. The number of rotatable bonds is 4. The summed E-state index contributed by atoms with van der Waals surface area (Å²) in [5.74, 6) is 0.0138. The molecule has 4 rings (SSSR count). The number of nitrogens with zero attached hydrogens (tertiary/aromatic N) is 4. The van der Waals surface area contributed by atoms with Crippen LogP contribution in [-0.2, 0) is 5.41 Å². The van der Waals surface area contributed by atoms with Gasteiger partial charge in [-0.3, -0.25) is 4.79 Å². The number of nitrogens with one attached hydrogen (secondary N) is 1. The Balaban J connectivity index is 1.61. The van der Waals surface area contributed by atoms with Crippen molar-refractivity contribution in [1.29, 1.82) is 0 Å². The van der Waals surface area contributed by atoms with Gasteiger partial charge in [0.15, 0.2) is 5.13 Å². The molecule has 1 N–H and O–H groups in total. The van der Waals surface area contributed by atoms with Crippen LogP contribution in [0, 0.1) is 0 Å². The quantitative estimate of drug-likeness (QED) is 0.677. The van der Waals surface area contributed by atoms with Gasteiger partial charge >= 0.3 is 0 Å². The lowest BCUT2D eigenvalue weighted by Crippen LogP contribution is -2.46. The minimum Gasteiger partial charge on any atom is -0.357 e. The van der Waals surface area contributed by atoms with Crippen molar-refractivity contribution < 1.29 is 4.79 Å². The van der Waals surface area contributed by atoms with Crippen molar-refractivity contribution in [2.75, 3.05) is 18.4 Å². The van der Waals surface area contributed by atoms with Gasteiger partial charge < -0.3 is 10.2 Å². The summed E-state index contributed by atoms with van der Waals surface area (Å²) in [6.45, 7) is 7.77. The molecule has 1 aliphatic heterocycles. The second-order valence-electron chi connectivity index (χ2n) is 8.78. The maximum absolute atomic E-state index is 12.9. The Bertz CT molecular complexity index is 989. The van der Waals surface area contributed by atoms with Gasteiger partial charge in [0, 0.05) is 29.4 Å². The molecule has 7 heteroatoms. The summed E-state index contributed by atoms with van der Waals surface area (Å²) in [6.07, 6.45) is 4.76. The van der Waals surface area contributed by atoms with Crippen LogP contribution < -0.4 is 5.32 Å². The van der Waals surface area contributed by atoms with E-state index in [1.54, 1.807) is 23.6 Å². The van der Waals surface area contributed by atoms with Gasteiger partial charge in [0.1, 0.15) is 0 Å². The van der Waals surface area contributed by atoms with Crippen molar-refractivity contribution in [3.8, 4) is 0 Å². The third-order valence-electron chi connectivity index (χ3n) is 5.54. The fraction of sp³-hybridized carbons (Fsp3) is 0.391. The van der Waals surface area contributed by atoms with E-state index < -0.39 is 0 Å². The number of hydrogen-bond donors (Lipinski definition) is 1. The van der Waals surface area contributed by atoms with E-state index in [2.05, 4.69) is 65.9 Å². The molecule has 0 saturated carbocycles. The number of thiazole rings is 1. The molecule has 30 heavy (non-hydrogen) atoms. The molecular formula is C23H27N5OS. The number of hydrogen-bond acceptors (Lipinski definition) is 6. The van der Waals surface area contributed by atoms with Crippen LogP contribution in [0.2, 0.25) is 0 Å². The van der Waals surface area contributed by atoms with Gasteiger partial charge in [-0.25, -0.2) is 4.98 Å². The highest BCUT2D eigenvalue weighted by molar-refractivity contribution is 7.13. The first-order valence-electron chi connectivity index (χ1n) is 10.2. The van der Waals surface area contributed by atoms with Crippen molar-refractivity contribution >= 4 is 22.4 Å². The zero-order valence-electron chi connectivity index (χ0n) is 17.6. The number of benzene rings is 1. The van der Waals surface area contributed by atoms with Gasteiger partial charge in [-0.15, -0.1) is 11.3 Å². The van der Waals surface area contributed by atoms with Gasteiger partial charge in [-0.05, 0) is 45.2 Å². The Labute approximate surface area is 181 Å². The molecule has 1 aliphatic rings. The highest BCUT2D eigenvalue weighted by Crippen LogP contribution is 2.43. The highest BCUT2D eigenvalue weighted by Gasteiger charge is 2.41. The first kappa shape index (κ1) is 20.5. The van der Waals surface area contributed by atoms with E-state index in [9.17, 15) is 4.79 Å². The van der Waals surface area contributed by atoms with Crippen LogP contribution in [-0.4, -0.2) is 44.6 Å². The van der Waals surface area contributed by atoms with Crippen LogP contribution in [0.25, 0.3) is 0 Å². The van der Waals surface area contributed by atoms with Crippen LogP contribution in [0.15, 0.2) is 54.2 Å². The lowest BCUT2D eigenvalue weighted by molar-refractivity contribution is 0.0683. The number of piperidine rings is 1. The minimum atomic E-state index is -0.192. The number of amides is 1. The molecule has 0 radical (unpaired) electrons. The van der Waals surface area contributed by atoms with Gasteiger partial charge in [0.25, 0.3) is 5.91 Å². The lowest BCUT2D eigenvalue weighted by atomic mass is 9.70. The Kier molecular flexibility index (Phi) is 5.56. The summed E-state index contributed by atoms with van der Waals surface area (Å²) in [6, 6.07) is 12.3. The molecule has 0 aliphatic carbocycles. The average molecular weight is 422 g/mol. The molecule has 2 aromatic heterocycles. The molecule has 3 heterocycles. The molecule has 1 amide bonds. The number of likely N-dealkylation sites (tertiary alicyclic amines) is 1. The monoisotopic (exact) mass is 421 g/mol. The molecule has 0 unspecified atom stereocenters. The number of aromatic nitrogens is 3. The summed E-state index contributed by atoms with van der Waals surface area (Å²) in [4.78, 5) is 19.8. The highest BCUT2D eigenvalue weighted by atomic mass is 32.1. The van der Waals surface area contributed by atoms with Gasteiger partial charge in [-0.2, -0.15) is 10.2 Å². The predicted octanol–water partition coefficient (Wildman–Crippen LogP) is 4.37. The summed E-state index contributed by atoms with van der Waals surface area (Å²) in [5, 5.41) is 14.2. The standard InChI is InChI=1S/C23H27N5OS/c1-22(2,3)27-21-26-19(16-30-21)23(18-7-5-4-6-8-18)10-13-28(14-11-23)20(29)17-9-12-24-25-15-17/h4-9,12,15-16H,10-11,13-14H2,1-3H3,(H,26,27). The van der Waals surface area contributed by atoms with E-state index in [1.807, 2.05) is 11.0 Å². The van der Waals surface area contributed by atoms with Crippen molar-refractivity contribution in [2.45, 2.75) is 44.6 Å². The Morgan fingerprint density at radius 2 is 1.83 bits per heavy atom. The van der Waals surface area contributed by atoms with Crippen LogP contribution in [0.3, 0.4) is 0 Å². The predicted molar refractivity (Wildman–Crippen MR) is 120 cm³/mol. The molecule has 1 fully saturated rings.